The molecule has 1 amide bonds. The SMILES string of the molecule is Cc1cc(C2(c3ccnc(C(C)C)c3)N=C(N)N(C)C2=O)ccc1OC(F)F. The third-order valence-electron chi connectivity index (χ3n) is 4.84. The molecule has 0 saturated carbocycles. The van der Waals surface area contributed by atoms with Crippen LogP contribution in [0.1, 0.15) is 42.1 Å². The standard InChI is InChI=1S/C20H22F2N4O2/c1-11(2)15-10-14(7-8-24-15)20(17(27)26(4)19(23)25-20)13-5-6-16(12(3)9-13)28-18(21)22/h5-11,18H,1-4H3,(H2,23,25). The second-order valence-electron chi connectivity index (χ2n) is 7.03. The molecule has 1 aromatic carbocycles. The monoisotopic (exact) mass is 388 g/mol. The molecule has 1 aliphatic heterocycles. The van der Waals surface area contributed by atoms with Crippen molar-refractivity contribution >= 4 is 11.9 Å². The molecule has 0 radical (unpaired) electrons. The van der Waals surface area contributed by atoms with Crippen molar-refractivity contribution in [3.63, 3.8) is 0 Å². The molecule has 28 heavy (non-hydrogen) atoms. The van der Waals surface area contributed by atoms with E-state index in [9.17, 15) is 13.6 Å². The fourth-order valence-corrected chi connectivity index (χ4v) is 3.28. The van der Waals surface area contributed by atoms with Crippen molar-refractivity contribution in [3.8, 4) is 5.75 Å². The maximum atomic E-state index is 13.3. The van der Waals surface area contributed by atoms with Gasteiger partial charge in [-0.2, -0.15) is 8.78 Å². The van der Waals surface area contributed by atoms with Gasteiger partial charge in [0, 0.05) is 18.9 Å². The van der Waals surface area contributed by atoms with Crippen molar-refractivity contribution < 1.29 is 18.3 Å². The van der Waals surface area contributed by atoms with Crippen LogP contribution in [-0.4, -0.2) is 35.4 Å². The number of carbonyl (C=O) groups excluding carboxylic acids is 1. The Balaban J connectivity index is 2.21. The minimum absolute atomic E-state index is 0.0437. The summed E-state index contributed by atoms with van der Waals surface area (Å²) in [6.45, 7) is 2.71. The second kappa shape index (κ2) is 7.18. The first-order valence-corrected chi connectivity index (χ1v) is 8.82. The molecule has 0 spiro atoms. The third-order valence-corrected chi connectivity index (χ3v) is 4.84. The number of amides is 1. The Morgan fingerprint density at radius 1 is 1.18 bits per heavy atom. The molecule has 148 valence electrons. The molecule has 1 atom stereocenters. The van der Waals surface area contributed by atoms with Gasteiger partial charge in [-0.25, -0.2) is 4.99 Å². The quantitative estimate of drug-likeness (QED) is 0.853. The molecule has 2 aromatic rings. The number of pyridine rings is 1. The summed E-state index contributed by atoms with van der Waals surface area (Å²) in [6.07, 6.45) is 1.63. The zero-order valence-electron chi connectivity index (χ0n) is 16.1. The number of carbonyl (C=O) groups is 1. The van der Waals surface area contributed by atoms with E-state index >= 15 is 0 Å². The van der Waals surface area contributed by atoms with Gasteiger partial charge in [-0.3, -0.25) is 14.7 Å². The van der Waals surface area contributed by atoms with Gasteiger partial charge < -0.3 is 10.5 Å². The number of benzene rings is 1. The highest BCUT2D eigenvalue weighted by molar-refractivity contribution is 6.08. The Labute approximate surface area is 162 Å². The van der Waals surface area contributed by atoms with E-state index in [1.54, 1.807) is 38.4 Å². The highest BCUT2D eigenvalue weighted by atomic mass is 19.3. The van der Waals surface area contributed by atoms with E-state index in [4.69, 9.17) is 5.73 Å². The number of rotatable bonds is 5. The normalized spacial score (nSPS) is 19.5. The van der Waals surface area contributed by atoms with Crippen LogP contribution in [0.25, 0.3) is 0 Å². The summed E-state index contributed by atoms with van der Waals surface area (Å²) in [4.78, 5) is 23.4. The Morgan fingerprint density at radius 3 is 2.39 bits per heavy atom. The number of guanidine groups is 1. The Morgan fingerprint density at radius 2 is 1.86 bits per heavy atom. The number of likely N-dealkylation sites (N-methyl/N-ethyl adjacent to an activating group) is 1. The van der Waals surface area contributed by atoms with E-state index < -0.39 is 12.2 Å². The van der Waals surface area contributed by atoms with E-state index in [1.807, 2.05) is 19.9 Å². The average molecular weight is 388 g/mol. The smallest absolute Gasteiger partial charge is 0.387 e. The van der Waals surface area contributed by atoms with Crippen LogP contribution in [-0.2, 0) is 10.3 Å². The number of aliphatic imine (C=N–C) groups is 1. The van der Waals surface area contributed by atoms with E-state index in [1.165, 1.54) is 11.0 Å². The summed E-state index contributed by atoms with van der Waals surface area (Å²) in [5.41, 5.74) is 6.97. The maximum absolute atomic E-state index is 13.3. The molecule has 1 aliphatic rings. The molecule has 8 heteroatoms. The molecule has 2 heterocycles. The third kappa shape index (κ3) is 3.19. The van der Waals surface area contributed by atoms with Gasteiger partial charge in [0.1, 0.15) is 5.75 Å². The van der Waals surface area contributed by atoms with Gasteiger partial charge in [0.2, 0.25) is 0 Å². The number of halogens is 2. The van der Waals surface area contributed by atoms with Crippen molar-refractivity contribution in [2.24, 2.45) is 10.7 Å². The number of alkyl halides is 2. The minimum Gasteiger partial charge on any atom is -0.435 e. The summed E-state index contributed by atoms with van der Waals surface area (Å²) in [7, 11) is 1.55. The largest absolute Gasteiger partial charge is 0.435 e. The molecule has 0 aliphatic carbocycles. The van der Waals surface area contributed by atoms with E-state index in [2.05, 4.69) is 14.7 Å². The van der Waals surface area contributed by atoms with E-state index in [-0.39, 0.29) is 23.5 Å². The lowest BCUT2D eigenvalue weighted by Crippen LogP contribution is -2.41. The molecule has 6 nitrogen and oxygen atoms in total. The molecule has 2 N–H and O–H groups in total. The van der Waals surface area contributed by atoms with Crippen LogP contribution >= 0.6 is 0 Å². The first-order valence-electron chi connectivity index (χ1n) is 8.82. The van der Waals surface area contributed by atoms with Crippen molar-refractivity contribution in [1.82, 2.24) is 9.88 Å². The molecular weight excluding hydrogens is 366 g/mol. The Bertz CT molecular complexity index is 946. The number of aromatic nitrogens is 1. The number of aryl methyl sites for hydroxylation is 1. The van der Waals surface area contributed by atoms with Gasteiger partial charge in [-0.1, -0.05) is 19.9 Å². The van der Waals surface area contributed by atoms with Gasteiger partial charge in [-0.05, 0) is 53.8 Å². The zero-order valence-corrected chi connectivity index (χ0v) is 16.1. The minimum atomic E-state index is -2.93. The van der Waals surface area contributed by atoms with Crippen LogP contribution in [0, 0.1) is 6.92 Å². The Hall–Kier alpha value is -3.03. The first kappa shape index (κ1) is 19.7. The average Bonchev–Trinajstić information content (AvgIpc) is 2.88. The van der Waals surface area contributed by atoms with E-state index in [0.29, 0.717) is 16.7 Å². The van der Waals surface area contributed by atoms with E-state index in [0.717, 1.165) is 5.69 Å². The highest BCUT2D eigenvalue weighted by Gasteiger charge is 2.49. The van der Waals surface area contributed by atoms with Crippen LogP contribution in [0.3, 0.4) is 0 Å². The fourth-order valence-electron chi connectivity index (χ4n) is 3.28. The van der Waals surface area contributed by atoms with Gasteiger partial charge in [0.15, 0.2) is 11.5 Å². The summed E-state index contributed by atoms with van der Waals surface area (Å²) in [6, 6.07) is 8.16. The molecule has 1 aromatic heterocycles. The molecule has 1 unspecified atom stereocenters. The molecule has 3 rings (SSSR count). The molecule has 0 fully saturated rings. The molecule has 0 bridgehead atoms. The van der Waals surface area contributed by atoms with Crippen molar-refractivity contribution in [2.75, 3.05) is 7.05 Å². The van der Waals surface area contributed by atoms with Gasteiger partial charge in [-0.15, -0.1) is 0 Å². The number of ether oxygens (including phenoxy) is 1. The summed E-state index contributed by atoms with van der Waals surface area (Å²) in [5, 5.41) is 0. The summed E-state index contributed by atoms with van der Waals surface area (Å²) >= 11 is 0. The van der Waals surface area contributed by atoms with Crippen LogP contribution in [0.5, 0.6) is 5.75 Å². The van der Waals surface area contributed by atoms with Gasteiger partial charge in [0.25, 0.3) is 5.91 Å². The van der Waals surface area contributed by atoms with Crippen molar-refractivity contribution in [3.05, 3.63) is 58.9 Å². The molecule has 0 saturated heterocycles. The van der Waals surface area contributed by atoms with Crippen LogP contribution in [0.15, 0.2) is 41.5 Å². The highest BCUT2D eigenvalue weighted by Crippen LogP contribution is 2.41. The first-order chi connectivity index (χ1) is 13.2. The second-order valence-corrected chi connectivity index (χ2v) is 7.03. The number of nitrogens with two attached hydrogens (primary N) is 1. The number of hydrogen-bond acceptors (Lipinski definition) is 5. The predicted octanol–water partition coefficient (Wildman–Crippen LogP) is 3.15. The Kier molecular flexibility index (Phi) is 5.06. The summed E-state index contributed by atoms with van der Waals surface area (Å²) in [5.74, 6) is -0.0512. The van der Waals surface area contributed by atoms with Crippen molar-refractivity contribution in [2.45, 2.75) is 38.8 Å². The van der Waals surface area contributed by atoms with Gasteiger partial charge >= 0.3 is 6.61 Å². The van der Waals surface area contributed by atoms with Gasteiger partial charge in [0.05, 0.1) is 0 Å². The maximum Gasteiger partial charge on any atom is 0.387 e. The number of hydrogen-bond donors (Lipinski definition) is 1. The lowest BCUT2D eigenvalue weighted by atomic mass is 9.82. The predicted molar refractivity (Wildman–Crippen MR) is 101 cm³/mol. The van der Waals surface area contributed by atoms with Crippen LogP contribution in [0.4, 0.5) is 8.78 Å². The molecular formula is C20H22F2N4O2. The van der Waals surface area contributed by atoms with Crippen molar-refractivity contribution in [1.29, 1.82) is 0 Å². The number of nitrogens with zero attached hydrogens (tertiary/aromatic N) is 3. The zero-order chi connectivity index (χ0) is 20.6. The topological polar surface area (TPSA) is 80.8 Å². The summed E-state index contributed by atoms with van der Waals surface area (Å²) < 4.78 is 29.7. The van der Waals surface area contributed by atoms with Crippen LogP contribution in [0.2, 0.25) is 0 Å². The lowest BCUT2D eigenvalue weighted by molar-refractivity contribution is -0.129. The van der Waals surface area contributed by atoms with Crippen LogP contribution < -0.4 is 10.5 Å². The lowest BCUT2D eigenvalue weighted by Gasteiger charge is -2.27. The fraction of sp³-hybridized carbons (Fsp3) is 0.350.